The number of hydrogen-bond acceptors (Lipinski definition) is 5. The number of hydrogen-bond donors (Lipinski definition) is 0. The first-order valence-corrected chi connectivity index (χ1v) is 24.2. The van der Waals surface area contributed by atoms with Gasteiger partial charge < -0.3 is 8.85 Å². The highest BCUT2D eigenvalue weighted by Gasteiger charge is 2.39. The molecular weight excluding hydrogens is 609 g/mol. The van der Waals surface area contributed by atoms with Gasteiger partial charge in [-0.3, -0.25) is 0 Å². The molecule has 0 aliphatic carbocycles. The second-order valence-electron chi connectivity index (χ2n) is 11.2. The molecule has 5 nitrogen and oxygen atoms in total. The van der Waals surface area contributed by atoms with Gasteiger partial charge in [0.1, 0.15) is 11.5 Å². The lowest BCUT2D eigenvalue weighted by atomic mass is 10.3. The van der Waals surface area contributed by atoms with Crippen LogP contribution < -0.4 is 8.85 Å². The lowest BCUT2D eigenvalue weighted by Gasteiger charge is -2.40. The molecule has 0 unspecified atom stereocenters. The van der Waals surface area contributed by atoms with Gasteiger partial charge in [0.2, 0.25) is 16.6 Å². The first kappa shape index (κ1) is 35.4. The minimum Gasteiger partial charge on any atom is -0.543 e. The molecule has 0 N–H and O–H groups in total. The molecule has 0 aliphatic rings. The smallest absolute Gasteiger partial charge is 0.277 e. The van der Waals surface area contributed by atoms with Gasteiger partial charge in [-0.15, -0.1) is 0 Å². The summed E-state index contributed by atoms with van der Waals surface area (Å²) in [6.45, 7) is 15.3. The molecule has 9 heteroatoms. The van der Waals surface area contributed by atoms with Crippen molar-refractivity contribution in [1.29, 1.82) is 0 Å². The molecule has 0 heterocycles. The summed E-state index contributed by atoms with van der Waals surface area (Å²) in [4.78, 5) is 2.41. The van der Waals surface area contributed by atoms with Crippen LogP contribution in [0.1, 0.15) is 61.3 Å². The Morgan fingerprint density at radius 1 is 0.558 bits per heavy atom. The van der Waals surface area contributed by atoms with Crippen molar-refractivity contribution in [1.82, 2.24) is 0 Å². The number of rotatable bonds is 18. The topological polar surface area (TPSA) is 61.8 Å². The van der Waals surface area contributed by atoms with Crippen LogP contribution in [0.25, 0.3) is 0 Å². The molecule has 3 aromatic carbocycles. The van der Waals surface area contributed by atoms with E-state index >= 15 is 0 Å². The summed E-state index contributed by atoms with van der Waals surface area (Å²) in [6.07, 6.45) is 1.30. The molecule has 0 aromatic heterocycles. The Bertz CT molecular complexity index is 1310. The fourth-order valence-corrected chi connectivity index (χ4v) is 16.2. The van der Waals surface area contributed by atoms with Crippen LogP contribution in [0, 0.1) is 0 Å². The molecule has 0 spiro atoms. The summed E-state index contributed by atoms with van der Waals surface area (Å²) >= 11 is 0. The van der Waals surface area contributed by atoms with E-state index in [0.29, 0.717) is 6.42 Å². The third-order valence-corrected chi connectivity index (χ3v) is 23.1. The Kier molecular flexibility index (Phi) is 13.0. The standard InChI is InChI=1S/C34H52O5S2Si2/c1-8-15-27-40(35,36)39-41(32-23-17-16-18-24-32,33-25-19-21-30(28-33)37-42(9-2,10-3)11-4)34-26-20-22-31(29-34)38-43(12-5,13-6)14-7/h16-26,28-29H,8-15,27H2,1-7H3. The van der Waals surface area contributed by atoms with E-state index in [0.717, 1.165) is 68.9 Å². The minimum absolute atomic E-state index is 0.0352. The summed E-state index contributed by atoms with van der Waals surface area (Å²) in [7, 11) is -10.6. The fraction of sp³-hybridized carbons (Fsp3) is 0.471. The summed E-state index contributed by atoms with van der Waals surface area (Å²) in [5.41, 5.74) is 0. The molecule has 238 valence electrons. The average Bonchev–Trinajstić information content (AvgIpc) is 3.05. The zero-order chi connectivity index (χ0) is 31.6. The van der Waals surface area contributed by atoms with Crippen LogP contribution in [0.3, 0.4) is 0 Å². The molecule has 0 saturated carbocycles. The molecular formula is C34H52O5S2Si2. The molecule has 43 heavy (non-hydrogen) atoms. The number of benzene rings is 3. The normalized spacial score (nSPS) is 13.1. The van der Waals surface area contributed by atoms with Gasteiger partial charge in [0, 0.05) is 14.7 Å². The van der Waals surface area contributed by atoms with Gasteiger partial charge in [-0.25, -0.2) is 3.63 Å². The van der Waals surface area contributed by atoms with Crippen molar-refractivity contribution in [2.45, 2.75) is 112 Å². The summed E-state index contributed by atoms with van der Waals surface area (Å²) in [5.74, 6) is 1.52. The molecule has 3 aromatic rings. The van der Waals surface area contributed by atoms with Crippen molar-refractivity contribution >= 4 is 37.1 Å². The van der Waals surface area contributed by atoms with Crippen LogP contribution >= 0.6 is 10.3 Å². The van der Waals surface area contributed by atoms with E-state index in [9.17, 15) is 8.42 Å². The van der Waals surface area contributed by atoms with Crippen LogP contribution in [-0.2, 0) is 13.7 Å². The van der Waals surface area contributed by atoms with Crippen LogP contribution in [0.15, 0.2) is 93.5 Å². The molecule has 0 saturated heterocycles. The maximum absolute atomic E-state index is 13.8. The van der Waals surface area contributed by atoms with Crippen LogP contribution in [0.2, 0.25) is 36.3 Å². The molecule has 0 aliphatic heterocycles. The van der Waals surface area contributed by atoms with Crippen molar-refractivity contribution in [3.8, 4) is 11.5 Å². The average molecular weight is 661 g/mol. The zero-order valence-corrected chi connectivity index (χ0v) is 30.9. The molecule has 0 atom stereocenters. The second-order valence-corrected chi connectivity index (χ2v) is 25.2. The predicted octanol–water partition coefficient (Wildman–Crippen LogP) is 10.8. The summed E-state index contributed by atoms with van der Waals surface area (Å²) in [6, 6.07) is 31.9. The molecule has 0 bridgehead atoms. The van der Waals surface area contributed by atoms with Crippen molar-refractivity contribution in [2.24, 2.45) is 0 Å². The van der Waals surface area contributed by atoms with E-state index in [2.05, 4.69) is 41.5 Å². The van der Waals surface area contributed by atoms with E-state index in [1.165, 1.54) is 0 Å². The van der Waals surface area contributed by atoms with Crippen molar-refractivity contribution in [2.75, 3.05) is 5.75 Å². The third kappa shape index (κ3) is 8.36. The van der Waals surface area contributed by atoms with Crippen molar-refractivity contribution in [3.05, 3.63) is 78.9 Å². The summed E-state index contributed by atoms with van der Waals surface area (Å²) in [5, 5.41) is 0. The molecule has 0 radical (unpaired) electrons. The predicted molar refractivity (Wildman–Crippen MR) is 187 cm³/mol. The van der Waals surface area contributed by atoms with Crippen LogP contribution in [0.4, 0.5) is 0 Å². The number of unbranched alkanes of at least 4 members (excludes halogenated alkanes) is 1. The van der Waals surface area contributed by atoms with Gasteiger partial charge in [-0.2, -0.15) is 8.42 Å². The lowest BCUT2D eigenvalue weighted by molar-refractivity contribution is 0.503. The van der Waals surface area contributed by atoms with Gasteiger partial charge >= 0.3 is 0 Å². The Hall–Kier alpha value is -2.05. The quantitative estimate of drug-likeness (QED) is 0.127. The Morgan fingerprint density at radius 3 is 1.37 bits per heavy atom. The maximum atomic E-state index is 13.8. The van der Waals surface area contributed by atoms with Crippen molar-refractivity contribution < 1.29 is 20.9 Å². The maximum Gasteiger partial charge on any atom is 0.277 e. The molecule has 0 amide bonds. The Labute approximate surface area is 265 Å². The van der Waals surface area contributed by atoms with Crippen LogP contribution in [-0.4, -0.2) is 30.8 Å². The Morgan fingerprint density at radius 2 is 0.977 bits per heavy atom. The van der Waals surface area contributed by atoms with E-state index in [-0.39, 0.29) is 5.75 Å². The monoisotopic (exact) mass is 660 g/mol. The van der Waals surface area contributed by atoms with E-state index < -0.39 is 37.1 Å². The lowest BCUT2D eigenvalue weighted by Crippen LogP contribution is -2.39. The highest BCUT2D eigenvalue weighted by molar-refractivity contribution is 8.33. The Balaban J connectivity index is 2.34. The first-order valence-electron chi connectivity index (χ1n) is 16.0. The van der Waals surface area contributed by atoms with Crippen molar-refractivity contribution in [3.63, 3.8) is 0 Å². The fourth-order valence-electron chi connectivity index (χ4n) is 5.51. The first-order chi connectivity index (χ1) is 20.6. The van der Waals surface area contributed by atoms with Gasteiger partial charge in [0.15, 0.2) is 0 Å². The molecule has 0 fully saturated rings. The highest BCUT2D eigenvalue weighted by Crippen LogP contribution is 2.70. The van der Waals surface area contributed by atoms with Gasteiger partial charge in [-0.1, -0.05) is 85.2 Å². The van der Waals surface area contributed by atoms with Crippen LogP contribution in [0.5, 0.6) is 11.5 Å². The molecule has 3 rings (SSSR count). The third-order valence-electron chi connectivity index (χ3n) is 8.84. The second kappa shape index (κ2) is 15.8. The largest absolute Gasteiger partial charge is 0.543 e. The van der Waals surface area contributed by atoms with E-state index in [1.54, 1.807) is 0 Å². The van der Waals surface area contributed by atoms with Gasteiger partial charge in [-0.05, 0) is 102 Å². The van der Waals surface area contributed by atoms with E-state index in [4.69, 9.17) is 12.5 Å². The SMILES string of the molecule is CCCCS(=O)(=O)OS(c1ccccc1)(c1cccc(O[Si](CC)(CC)CC)c1)c1cccc(O[Si](CC)(CC)CC)c1. The minimum atomic E-state index is -3.90. The van der Waals surface area contributed by atoms with E-state index in [1.807, 2.05) is 85.8 Å². The zero-order valence-electron chi connectivity index (χ0n) is 27.2. The van der Waals surface area contributed by atoms with Gasteiger partial charge in [0.25, 0.3) is 10.1 Å². The summed E-state index contributed by atoms with van der Waals surface area (Å²) < 4.78 is 47.8. The highest BCUT2D eigenvalue weighted by atomic mass is 32.3. The van der Waals surface area contributed by atoms with Gasteiger partial charge in [0.05, 0.1) is 5.75 Å².